The maximum Gasteiger partial charge on any atom is 0.266 e. The number of amides is 1. The van der Waals surface area contributed by atoms with Crippen LogP contribution in [0.3, 0.4) is 0 Å². The first-order valence-corrected chi connectivity index (χ1v) is 17.4. The van der Waals surface area contributed by atoms with Crippen molar-refractivity contribution >= 4 is 82.7 Å². The minimum Gasteiger partial charge on any atom is -0.334 e. The highest BCUT2D eigenvalue weighted by Crippen LogP contribution is 2.49. The van der Waals surface area contributed by atoms with Crippen LogP contribution >= 0.6 is 35.7 Å². The van der Waals surface area contributed by atoms with Crippen molar-refractivity contribution in [2.45, 2.75) is 17.7 Å². The summed E-state index contributed by atoms with van der Waals surface area (Å²) in [5, 5.41) is 3.05. The van der Waals surface area contributed by atoms with Gasteiger partial charge in [-0.3, -0.25) is 18.8 Å². The van der Waals surface area contributed by atoms with Gasteiger partial charge in [-0.1, -0.05) is 90.4 Å². The monoisotopic (exact) mass is 638 g/mol. The molecule has 2 aliphatic heterocycles. The van der Waals surface area contributed by atoms with Crippen molar-refractivity contribution in [2.24, 2.45) is 0 Å². The molecule has 212 valence electrons. The molecule has 0 atom stereocenters. The molecule has 4 rings (SSSR count). The summed E-state index contributed by atoms with van der Waals surface area (Å²) >= 11 is 7.92. The number of carbonyl (C=O) groups excluding carboxylic acids is 1. The lowest BCUT2D eigenvalue weighted by molar-refractivity contribution is -0.122. The van der Waals surface area contributed by atoms with Crippen LogP contribution in [0.1, 0.15) is 12.8 Å². The molecule has 0 radical (unpaired) electrons. The highest BCUT2D eigenvalue weighted by Gasteiger charge is 2.31. The summed E-state index contributed by atoms with van der Waals surface area (Å²) in [6.45, 7) is 0.518. The molecule has 2 N–H and O–H groups in total. The number of nitrogens with zero attached hydrogens (tertiary/aromatic N) is 2. The predicted molar refractivity (Wildman–Crippen MR) is 166 cm³/mol. The maximum atomic E-state index is 12.6. The molecular formula is C26H26N2O7S5. The van der Waals surface area contributed by atoms with Crippen molar-refractivity contribution in [2.75, 3.05) is 29.5 Å². The second kappa shape index (κ2) is 13.0. The number of hydrogen-bond acceptors (Lipinski definition) is 9. The third-order valence-corrected chi connectivity index (χ3v) is 10.00. The zero-order chi connectivity index (χ0) is 28.9. The molecule has 9 nitrogen and oxygen atoms in total. The fraction of sp³-hybridized carbons (Fsp3) is 0.231. The molecule has 1 amide bonds. The van der Waals surface area contributed by atoms with Crippen LogP contribution in [0.15, 0.2) is 87.7 Å². The SMILES string of the molecule is O=C1/C(=C/C=C/C=C/C=C2\Sc3ccc4ccccc4c3N2CCCS(=O)(=O)O)SC(=S)N1CCCS(=O)(=O)O. The van der Waals surface area contributed by atoms with Gasteiger partial charge in [0.15, 0.2) is 0 Å². The van der Waals surface area contributed by atoms with Crippen molar-refractivity contribution < 1.29 is 30.7 Å². The van der Waals surface area contributed by atoms with Gasteiger partial charge in [-0.2, -0.15) is 16.8 Å². The quantitative estimate of drug-likeness (QED) is 0.149. The first-order chi connectivity index (χ1) is 18.9. The topological polar surface area (TPSA) is 132 Å². The molecule has 0 spiro atoms. The van der Waals surface area contributed by atoms with Crippen LogP contribution < -0.4 is 4.90 Å². The number of hydrogen-bond donors (Lipinski definition) is 2. The first kappa shape index (κ1) is 30.5. The molecule has 0 bridgehead atoms. The van der Waals surface area contributed by atoms with E-state index in [4.69, 9.17) is 16.8 Å². The van der Waals surface area contributed by atoms with E-state index in [-0.39, 0.29) is 31.0 Å². The van der Waals surface area contributed by atoms with Crippen LogP contribution in [0.25, 0.3) is 10.8 Å². The number of fused-ring (bicyclic) bond motifs is 3. The summed E-state index contributed by atoms with van der Waals surface area (Å²) in [4.78, 5) is 17.4. The average molecular weight is 639 g/mol. The largest absolute Gasteiger partial charge is 0.334 e. The zero-order valence-corrected chi connectivity index (χ0v) is 25.1. The van der Waals surface area contributed by atoms with Crippen LogP contribution in [0.2, 0.25) is 0 Å². The Morgan fingerprint density at radius 1 is 0.800 bits per heavy atom. The van der Waals surface area contributed by atoms with Crippen LogP contribution in [0.4, 0.5) is 5.69 Å². The average Bonchev–Trinajstić information content (AvgIpc) is 3.36. The van der Waals surface area contributed by atoms with E-state index in [0.717, 1.165) is 38.1 Å². The first-order valence-electron chi connectivity index (χ1n) is 12.1. The molecule has 2 aromatic carbocycles. The van der Waals surface area contributed by atoms with Gasteiger partial charge >= 0.3 is 0 Å². The Labute approximate surface area is 247 Å². The third-order valence-electron chi connectivity index (χ3n) is 5.88. The number of benzene rings is 2. The smallest absolute Gasteiger partial charge is 0.266 e. The molecule has 14 heteroatoms. The fourth-order valence-corrected chi connectivity index (χ4v) is 7.51. The van der Waals surface area contributed by atoms with Gasteiger partial charge in [0, 0.05) is 23.4 Å². The Hall–Kier alpha value is -2.46. The molecule has 40 heavy (non-hydrogen) atoms. The van der Waals surface area contributed by atoms with Gasteiger partial charge < -0.3 is 4.90 Å². The zero-order valence-electron chi connectivity index (χ0n) is 21.0. The summed E-state index contributed by atoms with van der Waals surface area (Å²) in [5.41, 5.74) is 1.01. The van der Waals surface area contributed by atoms with Gasteiger partial charge in [-0.25, -0.2) is 0 Å². The summed E-state index contributed by atoms with van der Waals surface area (Å²) in [7, 11) is -8.16. The van der Waals surface area contributed by atoms with Crippen LogP contribution in [0.5, 0.6) is 0 Å². The number of thioether (sulfide) groups is 2. The highest BCUT2D eigenvalue weighted by molar-refractivity contribution is 8.26. The van der Waals surface area contributed by atoms with Crippen molar-refractivity contribution in [3.63, 3.8) is 0 Å². The summed E-state index contributed by atoms with van der Waals surface area (Å²) < 4.78 is 62.8. The van der Waals surface area contributed by atoms with E-state index in [1.807, 2.05) is 42.5 Å². The van der Waals surface area contributed by atoms with E-state index >= 15 is 0 Å². The molecular weight excluding hydrogens is 613 g/mol. The van der Waals surface area contributed by atoms with Gasteiger partial charge in [0.05, 0.1) is 27.1 Å². The molecule has 2 heterocycles. The van der Waals surface area contributed by atoms with E-state index in [2.05, 4.69) is 11.0 Å². The summed E-state index contributed by atoms with van der Waals surface area (Å²) in [5.74, 6) is -1.08. The molecule has 2 aliphatic rings. The van der Waals surface area contributed by atoms with Crippen LogP contribution in [-0.4, -0.2) is 65.7 Å². The van der Waals surface area contributed by atoms with E-state index < -0.39 is 26.0 Å². The second-order valence-corrected chi connectivity index (χ2v) is 14.7. The highest BCUT2D eigenvalue weighted by atomic mass is 32.2. The van der Waals surface area contributed by atoms with E-state index in [0.29, 0.717) is 15.8 Å². The Morgan fingerprint density at radius 2 is 1.43 bits per heavy atom. The van der Waals surface area contributed by atoms with E-state index in [9.17, 15) is 26.2 Å². The second-order valence-electron chi connectivity index (χ2n) is 8.80. The van der Waals surface area contributed by atoms with Crippen molar-refractivity contribution in [3.05, 3.63) is 82.8 Å². The molecule has 1 fully saturated rings. The van der Waals surface area contributed by atoms with Crippen molar-refractivity contribution in [1.29, 1.82) is 0 Å². The number of thiocarbonyl (C=S) groups is 1. The number of carbonyl (C=O) groups is 1. The van der Waals surface area contributed by atoms with Crippen LogP contribution in [-0.2, 0) is 25.0 Å². The van der Waals surface area contributed by atoms with Gasteiger partial charge in [-0.05, 0) is 36.4 Å². The Bertz CT molecular complexity index is 1660. The number of allylic oxidation sites excluding steroid dienone is 6. The van der Waals surface area contributed by atoms with Gasteiger partial charge in [-0.15, -0.1) is 0 Å². The van der Waals surface area contributed by atoms with Crippen molar-refractivity contribution in [1.82, 2.24) is 4.90 Å². The lowest BCUT2D eigenvalue weighted by atomic mass is 10.1. The third kappa shape index (κ3) is 8.06. The molecule has 0 aliphatic carbocycles. The predicted octanol–water partition coefficient (Wildman–Crippen LogP) is 5.01. The van der Waals surface area contributed by atoms with Gasteiger partial charge in [0.1, 0.15) is 4.32 Å². The molecule has 0 saturated carbocycles. The Morgan fingerprint density at radius 3 is 2.10 bits per heavy atom. The number of anilines is 1. The standard InChI is InChI=1S/C26H26N2O7S5/c29-25-22(38-26(36)28(25)16-8-18-40(33,34)35)11-3-1-2-4-12-23-27(15-7-17-39(30,31)32)24-20-10-6-5-9-19(20)13-14-21(24)37-23/h1-6,9-14H,7-8,15-18H2,(H,30,31,32)(H,33,34,35)/b3-1+,4-2+,22-11-,23-12-. The lowest BCUT2D eigenvalue weighted by Gasteiger charge is -2.21. The normalized spacial score (nSPS) is 18.4. The fourth-order valence-electron chi connectivity index (χ4n) is 4.15. The minimum atomic E-state index is -4.10. The molecule has 1 saturated heterocycles. The maximum absolute atomic E-state index is 12.6. The summed E-state index contributed by atoms with van der Waals surface area (Å²) in [6.07, 6.45) is 11.0. The molecule has 0 aromatic heterocycles. The Balaban J connectivity index is 1.44. The van der Waals surface area contributed by atoms with E-state index in [1.54, 1.807) is 36.1 Å². The van der Waals surface area contributed by atoms with E-state index in [1.165, 1.54) is 4.90 Å². The lowest BCUT2D eigenvalue weighted by Crippen LogP contribution is -2.30. The number of rotatable bonds is 11. The molecule has 2 aromatic rings. The molecule has 0 unspecified atom stereocenters. The van der Waals surface area contributed by atoms with Crippen molar-refractivity contribution in [3.8, 4) is 0 Å². The van der Waals surface area contributed by atoms with Gasteiger partial charge in [0.25, 0.3) is 26.1 Å². The summed E-state index contributed by atoms with van der Waals surface area (Å²) in [6, 6.07) is 12.1. The van der Waals surface area contributed by atoms with Crippen LogP contribution in [0, 0.1) is 0 Å². The van der Waals surface area contributed by atoms with Gasteiger partial charge in [0.2, 0.25) is 0 Å². The Kier molecular flexibility index (Phi) is 9.93. The minimum absolute atomic E-state index is 0.0797.